The Morgan fingerprint density at radius 3 is 2.51 bits per heavy atom. The van der Waals surface area contributed by atoms with Crippen LogP contribution in [0.3, 0.4) is 0 Å². The average Bonchev–Trinajstić information content (AvgIpc) is 3.51. The van der Waals surface area contributed by atoms with E-state index in [9.17, 15) is 13.6 Å². The molecular weight excluding hydrogens is 452 g/mol. The minimum atomic E-state index is -0.508. The number of nitriles is 2. The van der Waals surface area contributed by atoms with Gasteiger partial charge in [0, 0.05) is 18.9 Å². The molecule has 7 nitrogen and oxygen atoms in total. The van der Waals surface area contributed by atoms with Crippen LogP contribution in [0.4, 0.5) is 8.78 Å². The Morgan fingerprint density at radius 2 is 1.77 bits per heavy atom. The van der Waals surface area contributed by atoms with Crippen LogP contribution in [0, 0.1) is 46.1 Å². The fraction of sp³-hybridized carbons (Fsp3) is 0.385. The highest BCUT2D eigenvalue weighted by molar-refractivity contribution is 5.81. The van der Waals surface area contributed by atoms with Gasteiger partial charge in [0.1, 0.15) is 11.6 Å². The predicted octanol–water partition coefficient (Wildman–Crippen LogP) is 4.77. The lowest BCUT2D eigenvalue weighted by molar-refractivity contribution is -0.183. The second kappa shape index (κ2) is 9.44. The zero-order valence-electron chi connectivity index (χ0n) is 19.0. The second-order valence-corrected chi connectivity index (χ2v) is 9.23. The summed E-state index contributed by atoms with van der Waals surface area (Å²) in [5, 5.41) is 24.4. The summed E-state index contributed by atoms with van der Waals surface area (Å²) in [6.45, 7) is 0.944. The third kappa shape index (κ3) is 4.48. The molecule has 1 aromatic heterocycles. The van der Waals surface area contributed by atoms with E-state index in [2.05, 4.69) is 5.10 Å². The molecule has 0 radical (unpaired) electrons. The van der Waals surface area contributed by atoms with E-state index in [0.29, 0.717) is 48.9 Å². The number of nitrogens with zero attached hydrogens (tertiary/aromatic N) is 5. The lowest BCUT2D eigenvalue weighted by Gasteiger charge is -2.32. The van der Waals surface area contributed by atoms with Gasteiger partial charge in [-0.25, -0.2) is 13.8 Å². The molecule has 2 fully saturated rings. The van der Waals surface area contributed by atoms with Crippen molar-refractivity contribution in [3.8, 4) is 12.1 Å². The van der Waals surface area contributed by atoms with Gasteiger partial charge in [-0.1, -0.05) is 0 Å². The Bertz CT molecular complexity index is 1360. The van der Waals surface area contributed by atoms with Gasteiger partial charge in [0.2, 0.25) is 5.91 Å². The van der Waals surface area contributed by atoms with E-state index in [-0.39, 0.29) is 28.9 Å². The van der Waals surface area contributed by atoms with Crippen molar-refractivity contribution >= 4 is 16.8 Å². The number of hydroxylamine groups is 2. The maximum Gasteiger partial charge on any atom is 0.249 e. The summed E-state index contributed by atoms with van der Waals surface area (Å²) in [6, 6.07) is 10.5. The molecule has 2 heterocycles. The van der Waals surface area contributed by atoms with Crippen molar-refractivity contribution in [3.05, 3.63) is 64.9 Å². The van der Waals surface area contributed by atoms with Crippen LogP contribution in [0.25, 0.3) is 10.9 Å². The van der Waals surface area contributed by atoms with Crippen LogP contribution < -0.4 is 0 Å². The van der Waals surface area contributed by atoms with Crippen molar-refractivity contribution in [2.75, 3.05) is 6.61 Å². The van der Waals surface area contributed by atoms with E-state index < -0.39 is 17.7 Å². The summed E-state index contributed by atoms with van der Waals surface area (Å²) >= 11 is 0. The summed E-state index contributed by atoms with van der Waals surface area (Å²) in [5.41, 5.74) is 1.63. The first-order valence-corrected chi connectivity index (χ1v) is 11.7. The van der Waals surface area contributed by atoms with Gasteiger partial charge in [0.25, 0.3) is 0 Å². The Labute approximate surface area is 201 Å². The number of carbonyl (C=O) groups is 1. The molecule has 1 atom stereocenters. The summed E-state index contributed by atoms with van der Waals surface area (Å²) in [6.07, 6.45) is 4.99. The third-order valence-corrected chi connectivity index (χ3v) is 7.02. The van der Waals surface area contributed by atoms with Gasteiger partial charge in [-0.05, 0) is 67.5 Å². The van der Waals surface area contributed by atoms with E-state index in [1.54, 1.807) is 16.8 Å². The van der Waals surface area contributed by atoms with Gasteiger partial charge in [-0.3, -0.25) is 14.3 Å². The number of aromatic nitrogens is 2. The quantitative estimate of drug-likeness (QED) is 0.542. The molecule has 0 N–H and O–H groups in total. The Morgan fingerprint density at radius 1 is 1.03 bits per heavy atom. The average molecular weight is 475 g/mol. The summed E-state index contributed by atoms with van der Waals surface area (Å²) in [7, 11) is 0. The van der Waals surface area contributed by atoms with Crippen LogP contribution in [0.1, 0.15) is 54.8 Å². The number of carbonyl (C=O) groups excluding carboxylic acids is 1. The van der Waals surface area contributed by atoms with Gasteiger partial charge in [-0.15, -0.1) is 0 Å². The van der Waals surface area contributed by atoms with E-state index >= 15 is 0 Å². The normalized spacial score (nSPS) is 22.2. The van der Waals surface area contributed by atoms with Gasteiger partial charge < -0.3 is 0 Å². The first kappa shape index (κ1) is 22.9. The lowest BCUT2D eigenvalue weighted by atomic mass is 9.81. The summed E-state index contributed by atoms with van der Waals surface area (Å²) in [5.74, 6) is -1.01. The zero-order chi connectivity index (χ0) is 24.5. The molecule has 1 saturated carbocycles. The van der Waals surface area contributed by atoms with Crippen LogP contribution >= 0.6 is 0 Å². The van der Waals surface area contributed by atoms with Crippen molar-refractivity contribution in [1.29, 1.82) is 10.5 Å². The second-order valence-electron chi connectivity index (χ2n) is 9.23. The number of amides is 1. The highest BCUT2D eigenvalue weighted by Gasteiger charge is 2.37. The van der Waals surface area contributed by atoms with Crippen molar-refractivity contribution in [2.45, 2.75) is 44.7 Å². The number of hydrogen-bond donors (Lipinski definition) is 0. The molecule has 178 valence electrons. The molecule has 1 saturated heterocycles. The zero-order valence-corrected chi connectivity index (χ0v) is 19.0. The third-order valence-electron chi connectivity index (χ3n) is 7.02. The van der Waals surface area contributed by atoms with Crippen LogP contribution in [-0.4, -0.2) is 27.4 Å². The van der Waals surface area contributed by atoms with Gasteiger partial charge in [-0.2, -0.15) is 15.6 Å². The van der Waals surface area contributed by atoms with E-state index in [1.807, 2.05) is 12.1 Å². The summed E-state index contributed by atoms with van der Waals surface area (Å²) < 4.78 is 29.9. The molecule has 1 aliphatic heterocycles. The van der Waals surface area contributed by atoms with E-state index in [0.717, 1.165) is 12.8 Å². The first-order chi connectivity index (χ1) is 17.0. The molecular formula is C26H23F2N5O2. The highest BCUT2D eigenvalue weighted by atomic mass is 19.1. The number of fused-ring (bicyclic) bond motifs is 1. The predicted molar refractivity (Wildman–Crippen MR) is 121 cm³/mol. The molecule has 2 aliphatic rings. The van der Waals surface area contributed by atoms with Crippen LogP contribution in [0.2, 0.25) is 0 Å². The van der Waals surface area contributed by atoms with Gasteiger partial charge >= 0.3 is 0 Å². The van der Waals surface area contributed by atoms with Crippen molar-refractivity contribution < 1.29 is 18.4 Å². The topological polar surface area (TPSA) is 94.9 Å². The molecule has 1 amide bonds. The maximum atomic E-state index is 14.2. The Balaban J connectivity index is 1.24. The Kier molecular flexibility index (Phi) is 6.19. The number of benzene rings is 2. The smallest absolute Gasteiger partial charge is 0.249 e. The SMILES string of the molecule is N#Cc1cc(F)cc([C@@H]2CCON2C(=O)[C@H]2CC[C@H](Cn3ncc4c(F)cc(C#N)cc43)CC2)c1. The molecule has 35 heavy (non-hydrogen) atoms. The maximum absolute atomic E-state index is 14.2. The molecule has 5 rings (SSSR count). The monoisotopic (exact) mass is 475 g/mol. The lowest BCUT2D eigenvalue weighted by Crippen LogP contribution is -2.37. The highest BCUT2D eigenvalue weighted by Crippen LogP contribution is 2.37. The fourth-order valence-corrected chi connectivity index (χ4v) is 5.22. The first-order valence-electron chi connectivity index (χ1n) is 11.7. The van der Waals surface area contributed by atoms with Gasteiger partial charge in [0.05, 0.1) is 53.0 Å². The van der Waals surface area contributed by atoms with E-state index in [4.69, 9.17) is 15.4 Å². The molecule has 0 unspecified atom stereocenters. The molecule has 9 heteroatoms. The standard InChI is InChI=1S/C26H23F2N5O2/c27-21-8-17(12-29)7-20(11-21)24-5-6-35-33(24)26(34)19-3-1-16(2-4-19)15-32-25-10-18(13-30)9-23(28)22(25)14-31-32/h7-11,14,16,19,24H,1-6,15H2/t16-,19-,24-/m0/s1. The number of halogens is 2. The van der Waals surface area contributed by atoms with Crippen LogP contribution in [0.5, 0.6) is 0 Å². The minimum absolute atomic E-state index is 0.112. The number of rotatable bonds is 4. The number of hydrogen-bond acceptors (Lipinski definition) is 5. The van der Waals surface area contributed by atoms with Crippen LogP contribution in [-0.2, 0) is 16.2 Å². The minimum Gasteiger partial charge on any atom is -0.272 e. The van der Waals surface area contributed by atoms with E-state index in [1.165, 1.54) is 29.5 Å². The molecule has 2 aromatic carbocycles. The molecule has 0 bridgehead atoms. The largest absolute Gasteiger partial charge is 0.272 e. The molecule has 3 aromatic rings. The summed E-state index contributed by atoms with van der Waals surface area (Å²) in [4.78, 5) is 18.9. The van der Waals surface area contributed by atoms with Gasteiger partial charge in [0.15, 0.2) is 0 Å². The molecule has 0 spiro atoms. The van der Waals surface area contributed by atoms with Crippen LogP contribution in [0.15, 0.2) is 36.5 Å². The Hall–Kier alpha value is -3.82. The van der Waals surface area contributed by atoms with Crippen molar-refractivity contribution in [1.82, 2.24) is 14.8 Å². The molecule has 1 aliphatic carbocycles. The van der Waals surface area contributed by atoms with Crippen molar-refractivity contribution in [2.24, 2.45) is 11.8 Å². The fourth-order valence-electron chi connectivity index (χ4n) is 5.22. The van der Waals surface area contributed by atoms with Crippen molar-refractivity contribution in [3.63, 3.8) is 0 Å².